The molecule has 0 bridgehead atoms. The Hall–Kier alpha value is -3.12. The quantitative estimate of drug-likeness (QED) is 0.504. The van der Waals surface area contributed by atoms with Gasteiger partial charge in [-0.05, 0) is 41.5 Å². The number of rotatable bonds is 1. The summed E-state index contributed by atoms with van der Waals surface area (Å²) in [6, 6.07) is 10.4. The van der Waals surface area contributed by atoms with E-state index in [4.69, 9.17) is 6.42 Å². The van der Waals surface area contributed by atoms with Crippen molar-refractivity contribution in [3.63, 3.8) is 0 Å². The first-order chi connectivity index (χ1) is 10.2. The molecule has 0 aromatic heterocycles. The molecule has 2 aliphatic rings. The number of carbonyl (C=O) groups excluding carboxylic acids is 2. The van der Waals surface area contributed by atoms with E-state index in [2.05, 4.69) is 5.92 Å². The number of carbonyl (C=O) groups is 2. The van der Waals surface area contributed by atoms with Gasteiger partial charge in [-0.15, -0.1) is 6.42 Å². The standard InChI is InChI=1S/C18H9NO2/c1-2-11-3-8-15-16(9-11)18(21)19(17(15)20)14-7-6-12-4-5-13(12)10-14/h1,3-10H. The molecule has 0 N–H and O–H groups in total. The second-order valence-corrected chi connectivity index (χ2v) is 5.00. The fourth-order valence-corrected chi connectivity index (χ4v) is 2.65. The normalized spacial score (nSPS) is 14.5. The van der Waals surface area contributed by atoms with Gasteiger partial charge >= 0.3 is 0 Å². The minimum Gasteiger partial charge on any atom is -0.268 e. The van der Waals surface area contributed by atoms with Gasteiger partial charge in [-0.1, -0.05) is 24.1 Å². The largest absolute Gasteiger partial charge is 0.268 e. The Labute approximate surface area is 121 Å². The maximum Gasteiger partial charge on any atom is 0.266 e. The van der Waals surface area contributed by atoms with Crippen LogP contribution < -0.4 is 4.90 Å². The predicted octanol–water partition coefficient (Wildman–Crippen LogP) is 2.95. The van der Waals surface area contributed by atoms with Gasteiger partial charge < -0.3 is 0 Å². The van der Waals surface area contributed by atoms with Crippen LogP contribution in [-0.2, 0) is 0 Å². The zero-order chi connectivity index (χ0) is 14.6. The van der Waals surface area contributed by atoms with Crippen molar-refractivity contribution in [2.45, 2.75) is 0 Å². The number of benzene rings is 2. The molecule has 0 saturated carbocycles. The lowest BCUT2D eigenvalue weighted by Gasteiger charge is -2.17. The molecule has 0 spiro atoms. The van der Waals surface area contributed by atoms with Gasteiger partial charge in [0.05, 0.1) is 16.8 Å². The van der Waals surface area contributed by atoms with Crippen molar-refractivity contribution in [2.24, 2.45) is 0 Å². The minimum absolute atomic E-state index is 0.304. The Kier molecular flexibility index (Phi) is 2.19. The highest BCUT2D eigenvalue weighted by atomic mass is 16.2. The predicted molar refractivity (Wildman–Crippen MR) is 80.9 cm³/mol. The van der Waals surface area contributed by atoms with E-state index in [0.717, 1.165) is 11.1 Å². The van der Waals surface area contributed by atoms with Gasteiger partial charge in [0.2, 0.25) is 0 Å². The number of nitrogens with zero attached hydrogens (tertiary/aromatic N) is 1. The Morgan fingerprint density at radius 3 is 2.29 bits per heavy atom. The van der Waals surface area contributed by atoms with Crippen molar-refractivity contribution < 1.29 is 9.59 Å². The number of terminal acetylenes is 1. The lowest BCUT2D eigenvalue weighted by atomic mass is 9.97. The fraction of sp³-hybridized carbons (Fsp3) is 0. The lowest BCUT2D eigenvalue weighted by Crippen LogP contribution is -2.29. The molecule has 2 amide bonds. The van der Waals surface area contributed by atoms with Gasteiger partial charge in [0, 0.05) is 5.56 Å². The number of fused-ring (bicyclic) bond motifs is 2. The molecule has 21 heavy (non-hydrogen) atoms. The molecule has 1 aliphatic carbocycles. The summed E-state index contributed by atoms with van der Waals surface area (Å²) in [6.45, 7) is 0. The van der Waals surface area contributed by atoms with E-state index in [0.29, 0.717) is 22.4 Å². The average molecular weight is 271 g/mol. The van der Waals surface area contributed by atoms with Gasteiger partial charge in [0.1, 0.15) is 0 Å². The first kappa shape index (κ1) is 11.7. The molecule has 98 valence electrons. The highest BCUT2D eigenvalue weighted by Crippen LogP contribution is 2.33. The van der Waals surface area contributed by atoms with Crippen LogP contribution in [0.25, 0.3) is 12.2 Å². The monoisotopic (exact) mass is 271 g/mol. The number of amides is 2. The fourth-order valence-electron chi connectivity index (χ4n) is 2.65. The second kappa shape index (κ2) is 3.94. The summed E-state index contributed by atoms with van der Waals surface area (Å²) in [5, 5.41) is 0. The van der Waals surface area contributed by atoms with Crippen LogP contribution in [0.3, 0.4) is 0 Å². The van der Waals surface area contributed by atoms with Crippen molar-refractivity contribution in [2.75, 3.05) is 4.90 Å². The molecule has 0 atom stereocenters. The van der Waals surface area contributed by atoms with E-state index in [1.165, 1.54) is 4.90 Å². The highest BCUT2D eigenvalue weighted by molar-refractivity contribution is 6.34. The van der Waals surface area contributed by atoms with Crippen LogP contribution in [0.15, 0.2) is 36.4 Å². The van der Waals surface area contributed by atoms with Gasteiger partial charge in [-0.25, -0.2) is 4.90 Å². The maximum atomic E-state index is 12.5. The molecule has 0 unspecified atom stereocenters. The molecule has 2 aromatic carbocycles. The van der Waals surface area contributed by atoms with Crippen LogP contribution in [0, 0.1) is 12.3 Å². The van der Waals surface area contributed by atoms with Gasteiger partial charge in [-0.3, -0.25) is 9.59 Å². The third kappa shape index (κ3) is 1.50. The molecule has 3 heteroatoms. The van der Waals surface area contributed by atoms with Crippen molar-refractivity contribution in [1.82, 2.24) is 0 Å². The topological polar surface area (TPSA) is 37.4 Å². The maximum absolute atomic E-state index is 12.5. The van der Waals surface area contributed by atoms with Crippen molar-refractivity contribution in [1.29, 1.82) is 0 Å². The van der Waals surface area contributed by atoms with Crippen molar-refractivity contribution >= 4 is 29.7 Å². The molecule has 1 aliphatic heterocycles. The van der Waals surface area contributed by atoms with E-state index >= 15 is 0 Å². The number of hydrogen-bond donors (Lipinski definition) is 0. The van der Waals surface area contributed by atoms with E-state index in [-0.39, 0.29) is 11.8 Å². The summed E-state index contributed by atoms with van der Waals surface area (Å²) in [5.74, 6) is 1.85. The summed E-state index contributed by atoms with van der Waals surface area (Å²) in [4.78, 5) is 26.2. The molecule has 3 nitrogen and oxygen atoms in total. The Morgan fingerprint density at radius 1 is 0.857 bits per heavy atom. The minimum atomic E-state index is -0.324. The van der Waals surface area contributed by atoms with Crippen LogP contribution in [0.4, 0.5) is 5.69 Å². The van der Waals surface area contributed by atoms with Gasteiger partial charge in [0.15, 0.2) is 0 Å². The first-order valence-electron chi connectivity index (χ1n) is 6.50. The van der Waals surface area contributed by atoms with Crippen molar-refractivity contribution in [3.05, 3.63) is 64.2 Å². The van der Waals surface area contributed by atoms with Crippen LogP contribution in [-0.4, -0.2) is 11.8 Å². The molecule has 1 heterocycles. The van der Waals surface area contributed by atoms with E-state index in [1.54, 1.807) is 24.3 Å². The second-order valence-electron chi connectivity index (χ2n) is 5.00. The molecular formula is C18H9NO2. The van der Waals surface area contributed by atoms with Gasteiger partial charge in [-0.2, -0.15) is 0 Å². The van der Waals surface area contributed by atoms with Crippen molar-refractivity contribution in [3.8, 4) is 12.3 Å². The third-order valence-corrected chi connectivity index (χ3v) is 3.82. The number of imide groups is 1. The molecule has 0 saturated heterocycles. The van der Waals surface area contributed by atoms with Crippen LogP contribution in [0.1, 0.15) is 37.4 Å². The molecule has 2 aromatic rings. The SMILES string of the molecule is C#Cc1ccc2c(c1)C(=O)N(c1ccc3c(c1)C=C3)C2=O. The molecule has 4 rings (SSSR count). The number of anilines is 1. The molecule has 0 fully saturated rings. The van der Waals surface area contributed by atoms with Crippen LogP contribution in [0.2, 0.25) is 0 Å². The summed E-state index contributed by atoms with van der Waals surface area (Å²) >= 11 is 0. The Bertz CT molecular complexity index is 900. The zero-order valence-electron chi connectivity index (χ0n) is 11.0. The Balaban J connectivity index is 1.82. The first-order valence-corrected chi connectivity index (χ1v) is 6.50. The van der Waals surface area contributed by atoms with E-state index in [1.807, 2.05) is 24.3 Å². The zero-order valence-corrected chi connectivity index (χ0v) is 11.0. The molecule has 0 radical (unpaired) electrons. The van der Waals surface area contributed by atoms with E-state index < -0.39 is 0 Å². The summed E-state index contributed by atoms with van der Waals surface area (Å²) in [6.07, 6.45) is 9.29. The van der Waals surface area contributed by atoms with E-state index in [9.17, 15) is 9.59 Å². The van der Waals surface area contributed by atoms with Crippen LogP contribution in [0.5, 0.6) is 0 Å². The summed E-state index contributed by atoms with van der Waals surface area (Å²) in [5.41, 5.74) is 4.10. The average Bonchev–Trinajstić information content (AvgIpc) is 2.72. The highest BCUT2D eigenvalue weighted by Gasteiger charge is 2.36. The summed E-state index contributed by atoms with van der Waals surface area (Å²) in [7, 11) is 0. The Morgan fingerprint density at radius 2 is 1.62 bits per heavy atom. The number of hydrogen-bond acceptors (Lipinski definition) is 2. The van der Waals surface area contributed by atoms with Gasteiger partial charge in [0.25, 0.3) is 11.8 Å². The lowest BCUT2D eigenvalue weighted by molar-refractivity contribution is 0.0926. The summed E-state index contributed by atoms with van der Waals surface area (Å²) < 4.78 is 0. The van der Waals surface area contributed by atoms with Crippen LogP contribution >= 0.6 is 0 Å². The smallest absolute Gasteiger partial charge is 0.266 e. The third-order valence-electron chi connectivity index (χ3n) is 3.82. The molecular weight excluding hydrogens is 262 g/mol.